The molecule has 0 aliphatic carbocycles. The molecule has 94 valence electrons. The second-order valence-corrected chi connectivity index (χ2v) is 5.32. The molecule has 0 aromatic heterocycles. The van der Waals surface area contributed by atoms with Crippen LogP contribution in [0.15, 0.2) is 24.3 Å². The van der Waals surface area contributed by atoms with Crippen molar-refractivity contribution in [3.8, 4) is 0 Å². The van der Waals surface area contributed by atoms with Crippen LogP contribution in [0.25, 0.3) is 0 Å². The standard InChI is InChI=1S/C15H24N2/c1-12-6-5-7-13(2)17(12)11-10-14-8-3-4-9-15(14)16/h3-4,8-9,12-13H,5-7,10-11,16H2,1-2H3/t12-,13+. The van der Waals surface area contributed by atoms with Crippen LogP contribution in [0, 0.1) is 0 Å². The summed E-state index contributed by atoms with van der Waals surface area (Å²) in [6.07, 6.45) is 5.14. The van der Waals surface area contributed by atoms with Gasteiger partial charge < -0.3 is 5.73 Å². The number of hydrogen-bond acceptors (Lipinski definition) is 2. The fourth-order valence-electron chi connectivity index (χ4n) is 2.93. The number of anilines is 1. The monoisotopic (exact) mass is 232 g/mol. The van der Waals surface area contributed by atoms with Gasteiger partial charge in [-0.05, 0) is 44.7 Å². The van der Waals surface area contributed by atoms with E-state index in [2.05, 4.69) is 30.9 Å². The molecule has 0 amide bonds. The molecule has 0 saturated carbocycles. The van der Waals surface area contributed by atoms with E-state index in [4.69, 9.17) is 5.73 Å². The SMILES string of the molecule is C[C@@H]1CCC[C@H](C)N1CCc1ccccc1N. The number of hydrogen-bond donors (Lipinski definition) is 1. The minimum atomic E-state index is 0.726. The highest BCUT2D eigenvalue weighted by Crippen LogP contribution is 2.23. The van der Waals surface area contributed by atoms with Crippen molar-refractivity contribution in [2.24, 2.45) is 0 Å². The Labute approximate surface area is 105 Å². The van der Waals surface area contributed by atoms with Crippen molar-refractivity contribution in [2.45, 2.75) is 51.6 Å². The molecule has 2 atom stereocenters. The van der Waals surface area contributed by atoms with E-state index in [1.54, 1.807) is 0 Å². The molecule has 1 heterocycles. The molecule has 1 fully saturated rings. The number of nitrogen functional groups attached to an aromatic ring is 1. The minimum Gasteiger partial charge on any atom is -0.399 e. The van der Waals surface area contributed by atoms with Crippen molar-refractivity contribution in [1.82, 2.24) is 4.90 Å². The van der Waals surface area contributed by atoms with Crippen LogP contribution in [0.4, 0.5) is 5.69 Å². The summed E-state index contributed by atoms with van der Waals surface area (Å²) >= 11 is 0. The summed E-state index contributed by atoms with van der Waals surface area (Å²) < 4.78 is 0. The molecule has 2 rings (SSSR count). The van der Waals surface area contributed by atoms with Crippen LogP contribution >= 0.6 is 0 Å². The van der Waals surface area contributed by atoms with Crippen molar-refractivity contribution in [2.75, 3.05) is 12.3 Å². The van der Waals surface area contributed by atoms with Crippen LogP contribution in [0.3, 0.4) is 0 Å². The third-order valence-electron chi connectivity index (χ3n) is 4.07. The molecule has 2 heteroatoms. The molecule has 0 unspecified atom stereocenters. The summed E-state index contributed by atoms with van der Waals surface area (Å²) in [5, 5.41) is 0. The third kappa shape index (κ3) is 3.01. The molecule has 1 saturated heterocycles. The Balaban J connectivity index is 1.95. The third-order valence-corrected chi connectivity index (χ3v) is 4.07. The molecule has 2 N–H and O–H groups in total. The molecule has 1 aromatic carbocycles. The zero-order valence-corrected chi connectivity index (χ0v) is 11.0. The molecular weight excluding hydrogens is 208 g/mol. The van der Waals surface area contributed by atoms with Crippen LogP contribution in [0.2, 0.25) is 0 Å². The van der Waals surface area contributed by atoms with Gasteiger partial charge in [-0.3, -0.25) is 4.90 Å². The number of nitrogens with zero attached hydrogens (tertiary/aromatic N) is 1. The second kappa shape index (κ2) is 5.54. The molecule has 0 spiro atoms. The van der Waals surface area contributed by atoms with E-state index < -0.39 is 0 Å². The molecule has 1 aliphatic heterocycles. The molecular formula is C15H24N2. The molecule has 0 bridgehead atoms. The Morgan fingerprint density at radius 3 is 2.47 bits per heavy atom. The van der Waals surface area contributed by atoms with Crippen LogP contribution < -0.4 is 5.73 Å². The Bertz CT molecular complexity index is 352. The normalized spacial score (nSPS) is 26.0. The lowest BCUT2D eigenvalue weighted by molar-refractivity contribution is 0.105. The van der Waals surface area contributed by atoms with Gasteiger partial charge in [0.25, 0.3) is 0 Å². The quantitative estimate of drug-likeness (QED) is 0.812. The number of nitrogens with two attached hydrogens (primary N) is 1. The van der Waals surface area contributed by atoms with Crippen molar-refractivity contribution >= 4 is 5.69 Å². The van der Waals surface area contributed by atoms with E-state index in [9.17, 15) is 0 Å². The fraction of sp³-hybridized carbons (Fsp3) is 0.600. The van der Waals surface area contributed by atoms with Gasteiger partial charge in [-0.1, -0.05) is 24.6 Å². The summed E-state index contributed by atoms with van der Waals surface area (Å²) in [6.45, 7) is 5.84. The highest BCUT2D eigenvalue weighted by Gasteiger charge is 2.23. The van der Waals surface area contributed by atoms with E-state index >= 15 is 0 Å². The highest BCUT2D eigenvalue weighted by molar-refractivity contribution is 5.46. The zero-order chi connectivity index (χ0) is 12.3. The Morgan fingerprint density at radius 2 is 1.82 bits per heavy atom. The van der Waals surface area contributed by atoms with Crippen molar-refractivity contribution < 1.29 is 0 Å². The van der Waals surface area contributed by atoms with Gasteiger partial charge in [-0.15, -0.1) is 0 Å². The van der Waals surface area contributed by atoms with Crippen LogP contribution in [0.1, 0.15) is 38.7 Å². The summed E-state index contributed by atoms with van der Waals surface area (Å²) in [5.41, 5.74) is 8.21. The maximum atomic E-state index is 5.99. The van der Waals surface area contributed by atoms with Gasteiger partial charge in [0.05, 0.1) is 0 Å². The second-order valence-electron chi connectivity index (χ2n) is 5.32. The van der Waals surface area contributed by atoms with Gasteiger partial charge in [0.15, 0.2) is 0 Å². The average molecular weight is 232 g/mol. The Kier molecular flexibility index (Phi) is 4.06. The Hall–Kier alpha value is -1.02. The smallest absolute Gasteiger partial charge is 0.0347 e. The fourth-order valence-corrected chi connectivity index (χ4v) is 2.93. The predicted molar refractivity (Wildman–Crippen MR) is 74.0 cm³/mol. The van der Waals surface area contributed by atoms with E-state index in [1.807, 2.05) is 12.1 Å². The van der Waals surface area contributed by atoms with Gasteiger partial charge in [0.1, 0.15) is 0 Å². The van der Waals surface area contributed by atoms with Crippen molar-refractivity contribution in [3.05, 3.63) is 29.8 Å². The maximum Gasteiger partial charge on any atom is 0.0347 e. The van der Waals surface area contributed by atoms with Gasteiger partial charge >= 0.3 is 0 Å². The zero-order valence-electron chi connectivity index (χ0n) is 11.0. The summed E-state index contributed by atoms with van der Waals surface area (Å²) in [5.74, 6) is 0. The molecule has 17 heavy (non-hydrogen) atoms. The van der Waals surface area contributed by atoms with Crippen LogP contribution in [-0.2, 0) is 6.42 Å². The lowest BCUT2D eigenvalue weighted by atomic mass is 9.96. The first-order chi connectivity index (χ1) is 8.18. The van der Waals surface area contributed by atoms with E-state index in [-0.39, 0.29) is 0 Å². The van der Waals surface area contributed by atoms with Crippen LogP contribution in [0.5, 0.6) is 0 Å². The lowest BCUT2D eigenvalue weighted by Crippen LogP contribution is -2.44. The van der Waals surface area contributed by atoms with Gasteiger partial charge in [0, 0.05) is 24.3 Å². The average Bonchev–Trinajstić information content (AvgIpc) is 2.30. The molecule has 1 aliphatic rings. The van der Waals surface area contributed by atoms with E-state index in [0.717, 1.165) is 30.7 Å². The minimum absolute atomic E-state index is 0.726. The predicted octanol–water partition coefficient (Wildman–Crippen LogP) is 3.07. The number of piperidine rings is 1. The summed E-state index contributed by atoms with van der Waals surface area (Å²) in [6, 6.07) is 9.68. The maximum absolute atomic E-state index is 5.99. The number of benzene rings is 1. The largest absolute Gasteiger partial charge is 0.399 e. The summed E-state index contributed by atoms with van der Waals surface area (Å²) in [7, 11) is 0. The molecule has 0 radical (unpaired) electrons. The topological polar surface area (TPSA) is 29.3 Å². The van der Waals surface area contributed by atoms with E-state index in [0.29, 0.717) is 0 Å². The first-order valence-electron chi connectivity index (χ1n) is 6.77. The number of rotatable bonds is 3. The van der Waals surface area contributed by atoms with Crippen LogP contribution in [-0.4, -0.2) is 23.5 Å². The number of para-hydroxylation sites is 1. The van der Waals surface area contributed by atoms with E-state index in [1.165, 1.54) is 24.8 Å². The van der Waals surface area contributed by atoms with Crippen molar-refractivity contribution in [1.29, 1.82) is 0 Å². The lowest BCUT2D eigenvalue weighted by Gasteiger charge is -2.39. The molecule has 1 aromatic rings. The van der Waals surface area contributed by atoms with Gasteiger partial charge in [-0.25, -0.2) is 0 Å². The Morgan fingerprint density at radius 1 is 1.18 bits per heavy atom. The van der Waals surface area contributed by atoms with Crippen molar-refractivity contribution in [3.63, 3.8) is 0 Å². The number of likely N-dealkylation sites (tertiary alicyclic amines) is 1. The first-order valence-corrected chi connectivity index (χ1v) is 6.77. The first kappa shape index (κ1) is 12.4. The molecule has 2 nitrogen and oxygen atoms in total. The summed E-state index contributed by atoms with van der Waals surface area (Å²) in [4.78, 5) is 2.63. The highest BCUT2D eigenvalue weighted by atomic mass is 15.2. The van der Waals surface area contributed by atoms with Gasteiger partial charge in [-0.2, -0.15) is 0 Å². The van der Waals surface area contributed by atoms with Gasteiger partial charge in [0.2, 0.25) is 0 Å².